The van der Waals surface area contributed by atoms with Crippen molar-refractivity contribution in [3.63, 3.8) is 0 Å². The highest BCUT2D eigenvalue weighted by Gasteiger charge is 2.13. The fourth-order valence-corrected chi connectivity index (χ4v) is 1.77. The van der Waals surface area contributed by atoms with Gasteiger partial charge < -0.3 is 10.9 Å². The Balaban J connectivity index is 3.35. The maximum absolute atomic E-state index is 10.9. The molecule has 0 unspecified atom stereocenters. The molecule has 0 spiro atoms. The van der Waals surface area contributed by atoms with E-state index in [0.29, 0.717) is 11.1 Å². The van der Waals surface area contributed by atoms with Crippen LogP contribution in [0.25, 0.3) is 0 Å². The normalized spacial score (nSPS) is 12.5. The van der Waals surface area contributed by atoms with E-state index in [-0.39, 0.29) is 11.5 Å². The van der Waals surface area contributed by atoms with Crippen molar-refractivity contribution >= 4 is 21.7 Å². The lowest BCUT2D eigenvalue weighted by Gasteiger charge is -2.11. The smallest absolute Gasteiger partial charge is 0.296 e. The zero-order valence-corrected chi connectivity index (χ0v) is 9.32. The lowest BCUT2D eigenvalue weighted by Crippen LogP contribution is -2.25. The van der Waals surface area contributed by atoms with E-state index >= 15 is 0 Å². The standard InChI is InChI=1S/C8H12N4O3S/c1-5-3-2-4-6(12-16(10,14)15)7(5)8(9)11-13/h2-4,12-13H,1H3,(H2,9,11)(H2,10,14,15). The van der Waals surface area contributed by atoms with Crippen LogP contribution in [0.2, 0.25) is 0 Å². The van der Waals surface area contributed by atoms with Crippen LogP contribution in [0.4, 0.5) is 5.69 Å². The highest BCUT2D eigenvalue weighted by atomic mass is 32.2. The van der Waals surface area contributed by atoms with Crippen LogP contribution in [0.3, 0.4) is 0 Å². The molecule has 6 N–H and O–H groups in total. The quantitative estimate of drug-likeness (QED) is 0.252. The SMILES string of the molecule is Cc1cccc(NS(N)(=O)=O)c1/C(N)=N/O. The summed E-state index contributed by atoms with van der Waals surface area (Å²) < 4.78 is 23.9. The van der Waals surface area contributed by atoms with Crippen LogP contribution >= 0.6 is 0 Å². The molecule has 0 amide bonds. The number of oxime groups is 1. The summed E-state index contributed by atoms with van der Waals surface area (Å²) in [6.07, 6.45) is 0. The van der Waals surface area contributed by atoms with Crippen LogP contribution in [0.15, 0.2) is 23.4 Å². The first-order chi connectivity index (χ1) is 7.35. The van der Waals surface area contributed by atoms with Crippen molar-refractivity contribution in [2.45, 2.75) is 6.92 Å². The fourth-order valence-electron chi connectivity index (χ4n) is 1.30. The molecule has 0 radical (unpaired) electrons. The molecular formula is C8H12N4O3S. The van der Waals surface area contributed by atoms with E-state index < -0.39 is 10.2 Å². The molecule has 0 aromatic heterocycles. The summed E-state index contributed by atoms with van der Waals surface area (Å²) in [5.41, 5.74) is 6.55. The third kappa shape index (κ3) is 2.84. The molecule has 0 aliphatic carbocycles. The van der Waals surface area contributed by atoms with Gasteiger partial charge in [-0.05, 0) is 18.6 Å². The molecule has 88 valence electrons. The summed E-state index contributed by atoms with van der Waals surface area (Å²) in [5, 5.41) is 16.3. The second-order valence-electron chi connectivity index (χ2n) is 3.13. The molecule has 0 saturated carbocycles. The van der Waals surface area contributed by atoms with Crippen LogP contribution < -0.4 is 15.6 Å². The summed E-state index contributed by atoms with van der Waals surface area (Å²) in [7, 11) is -3.90. The van der Waals surface area contributed by atoms with Gasteiger partial charge in [-0.2, -0.15) is 8.42 Å². The molecule has 16 heavy (non-hydrogen) atoms. The third-order valence-electron chi connectivity index (χ3n) is 1.89. The lowest BCUT2D eigenvalue weighted by atomic mass is 10.1. The van der Waals surface area contributed by atoms with Crippen molar-refractivity contribution in [3.05, 3.63) is 29.3 Å². The van der Waals surface area contributed by atoms with Gasteiger partial charge >= 0.3 is 0 Å². The van der Waals surface area contributed by atoms with E-state index in [1.165, 1.54) is 6.07 Å². The molecule has 1 aromatic rings. The van der Waals surface area contributed by atoms with E-state index in [1.807, 2.05) is 0 Å². The minimum atomic E-state index is -3.90. The van der Waals surface area contributed by atoms with Gasteiger partial charge in [0.25, 0.3) is 10.2 Å². The van der Waals surface area contributed by atoms with Crippen LogP contribution in [-0.2, 0) is 10.2 Å². The molecule has 7 nitrogen and oxygen atoms in total. The summed E-state index contributed by atoms with van der Waals surface area (Å²) in [4.78, 5) is 0. The van der Waals surface area contributed by atoms with Crippen molar-refractivity contribution in [1.29, 1.82) is 0 Å². The highest BCUT2D eigenvalue weighted by Crippen LogP contribution is 2.19. The number of nitrogens with one attached hydrogen (secondary N) is 1. The summed E-state index contributed by atoms with van der Waals surface area (Å²) in [6.45, 7) is 1.70. The minimum Gasteiger partial charge on any atom is -0.409 e. The molecule has 0 fully saturated rings. The van der Waals surface area contributed by atoms with E-state index in [9.17, 15) is 8.42 Å². The number of nitrogens with zero attached hydrogens (tertiary/aromatic N) is 1. The Morgan fingerprint density at radius 2 is 2.12 bits per heavy atom. The Labute approximate surface area is 92.9 Å². The van der Waals surface area contributed by atoms with Crippen molar-refractivity contribution in [1.82, 2.24) is 0 Å². The minimum absolute atomic E-state index is 0.165. The molecule has 0 bridgehead atoms. The Bertz CT molecular complexity index is 524. The van der Waals surface area contributed by atoms with Gasteiger partial charge in [-0.25, -0.2) is 5.14 Å². The zero-order valence-electron chi connectivity index (χ0n) is 8.51. The number of rotatable bonds is 3. The Morgan fingerprint density at radius 3 is 2.62 bits per heavy atom. The number of benzene rings is 1. The van der Waals surface area contributed by atoms with E-state index in [0.717, 1.165) is 0 Å². The van der Waals surface area contributed by atoms with Gasteiger partial charge in [0.05, 0.1) is 5.69 Å². The number of amidine groups is 1. The summed E-state index contributed by atoms with van der Waals surface area (Å²) in [6, 6.07) is 4.78. The molecule has 1 rings (SSSR count). The van der Waals surface area contributed by atoms with Gasteiger partial charge in [0.1, 0.15) is 0 Å². The summed E-state index contributed by atoms with van der Waals surface area (Å²) in [5.74, 6) is -0.191. The molecule has 8 heteroatoms. The number of anilines is 1. The second-order valence-corrected chi connectivity index (χ2v) is 4.42. The number of hydrogen-bond acceptors (Lipinski definition) is 4. The van der Waals surface area contributed by atoms with Crippen LogP contribution in [0.5, 0.6) is 0 Å². The van der Waals surface area contributed by atoms with E-state index in [4.69, 9.17) is 16.1 Å². The van der Waals surface area contributed by atoms with Gasteiger partial charge in [-0.15, -0.1) is 0 Å². The van der Waals surface area contributed by atoms with Gasteiger partial charge in [-0.1, -0.05) is 17.3 Å². The van der Waals surface area contributed by atoms with Crippen LogP contribution in [0.1, 0.15) is 11.1 Å². The van der Waals surface area contributed by atoms with E-state index in [1.54, 1.807) is 19.1 Å². The Hall–Kier alpha value is -1.80. The molecule has 0 aliphatic heterocycles. The van der Waals surface area contributed by atoms with Gasteiger partial charge in [0, 0.05) is 5.56 Å². The Morgan fingerprint density at radius 1 is 1.50 bits per heavy atom. The first kappa shape index (κ1) is 12.3. The monoisotopic (exact) mass is 244 g/mol. The molecule has 0 heterocycles. The van der Waals surface area contributed by atoms with Crippen LogP contribution in [0, 0.1) is 6.92 Å². The molecule has 0 saturated heterocycles. The lowest BCUT2D eigenvalue weighted by molar-refractivity contribution is 0.318. The zero-order chi connectivity index (χ0) is 12.3. The van der Waals surface area contributed by atoms with Crippen molar-refractivity contribution in [2.24, 2.45) is 16.0 Å². The predicted octanol–water partition coefficient (Wildman–Crippen LogP) is -0.295. The van der Waals surface area contributed by atoms with Crippen molar-refractivity contribution in [3.8, 4) is 0 Å². The van der Waals surface area contributed by atoms with E-state index in [2.05, 4.69) is 9.88 Å². The first-order valence-electron chi connectivity index (χ1n) is 4.23. The number of aryl methyl sites for hydroxylation is 1. The molecule has 1 aromatic carbocycles. The maximum Gasteiger partial charge on any atom is 0.296 e. The van der Waals surface area contributed by atoms with Gasteiger partial charge in [-0.3, -0.25) is 4.72 Å². The molecule has 0 atom stereocenters. The van der Waals surface area contributed by atoms with Crippen molar-refractivity contribution < 1.29 is 13.6 Å². The summed E-state index contributed by atoms with van der Waals surface area (Å²) >= 11 is 0. The third-order valence-corrected chi connectivity index (χ3v) is 2.39. The average molecular weight is 244 g/mol. The fraction of sp³-hybridized carbons (Fsp3) is 0.125. The number of nitrogens with two attached hydrogens (primary N) is 2. The topological polar surface area (TPSA) is 131 Å². The Kier molecular flexibility index (Phi) is 3.35. The molecular weight excluding hydrogens is 232 g/mol. The largest absolute Gasteiger partial charge is 0.409 e. The average Bonchev–Trinajstić information content (AvgIpc) is 2.14. The van der Waals surface area contributed by atoms with Crippen molar-refractivity contribution in [2.75, 3.05) is 4.72 Å². The maximum atomic E-state index is 10.9. The molecule has 0 aliphatic rings. The first-order valence-corrected chi connectivity index (χ1v) is 5.78. The predicted molar refractivity (Wildman–Crippen MR) is 60.4 cm³/mol. The van der Waals surface area contributed by atoms with Gasteiger partial charge in [0.2, 0.25) is 0 Å². The second kappa shape index (κ2) is 4.37. The number of hydrogen-bond donors (Lipinski definition) is 4. The van der Waals surface area contributed by atoms with Gasteiger partial charge in [0.15, 0.2) is 5.84 Å². The highest BCUT2D eigenvalue weighted by molar-refractivity contribution is 7.90. The van der Waals surface area contributed by atoms with Crippen LogP contribution in [-0.4, -0.2) is 19.5 Å².